The molecule has 0 aliphatic rings. The van der Waals surface area contributed by atoms with Crippen LogP contribution >= 0.6 is 0 Å². The van der Waals surface area contributed by atoms with Gasteiger partial charge in [0.1, 0.15) is 11.4 Å². The van der Waals surface area contributed by atoms with Crippen molar-refractivity contribution in [3.8, 4) is 5.75 Å². The van der Waals surface area contributed by atoms with E-state index in [1.54, 1.807) is 13.3 Å². The summed E-state index contributed by atoms with van der Waals surface area (Å²) >= 11 is 0. The predicted octanol–water partition coefficient (Wildman–Crippen LogP) is 3.78. The minimum Gasteiger partial charge on any atom is -0.497 e. The van der Waals surface area contributed by atoms with Crippen molar-refractivity contribution in [3.05, 3.63) is 47.8 Å². The molecule has 0 atom stereocenters. The summed E-state index contributed by atoms with van der Waals surface area (Å²) in [4.78, 5) is 16.8. The maximum Gasteiger partial charge on any atom is 0.270 e. The summed E-state index contributed by atoms with van der Waals surface area (Å²) in [5.41, 5.74) is 3.90. The van der Waals surface area contributed by atoms with Crippen molar-refractivity contribution in [1.29, 1.82) is 0 Å². The third-order valence-electron chi connectivity index (χ3n) is 5.04. The lowest BCUT2D eigenvalue weighted by Gasteiger charge is -2.10. The van der Waals surface area contributed by atoms with Gasteiger partial charge in [-0.1, -0.05) is 0 Å². The van der Waals surface area contributed by atoms with E-state index in [9.17, 15) is 4.79 Å². The van der Waals surface area contributed by atoms with E-state index in [0.717, 1.165) is 43.9 Å². The molecule has 0 aliphatic carbocycles. The molecule has 4 rings (SSSR count). The van der Waals surface area contributed by atoms with Gasteiger partial charge in [0, 0.05) is 41.5 Å². The second-order valence-electron chi connectivity index (χ2n) is 6.95. The summed E-state index contributed by atoms with van der Waals surface area (Å²) in [6.07, 6.45) is 1.71. The van der Waals surface area contributed by atoms with Gasteiger partial charge in [-0.25, -0.2) is 0 Å². The summed E-state index contributed by atoms with van der Waals surface area (Å²) in [6, 6.07) is 10.1. The largest absolute Gasteiger partial charge is 0.497 e. The minimum absolute atomic E-state index is 0.144. The van der Waals surface area contributed by atoms with Gasteiger partial charge in [-0.05, 0) is 69.2 Å². The van der Waals surface area contributed by atoms with Crippen LogP contribution in [0.2, 0.25) is 0 Å². The zero-order chi connectivity index (χ0) is 21.1. The van der Waals surface area contributed by atoms with Crippen molar-refractivity contribution >= 4 is 38.5 Å². The van der Waals surface area contributed by atoms with Crippen molar-refractivity contribution in [2.75, 3.05) is 27.7 Å². The normalized spacial score (nSPS) is 10.8. The van der Waals surface area contributed by atoms with Crippen LogP contribution in [0.4, 0.5) is 0 Å². The molecule has 29 heavy (non-hydrogen) atoms. The Labute approximate surface area is 170 Å². The van der Waals surface area contributed by atoms with E-state index in [4.69, 9.17) is 4.74 Å². The van der Waals surface area contributed by atoms with E-state index in [1.807, 2.05) is 39.2 Å². The highest BCUT2D eigenvalue weighted by molar-refractivity contribution is 6.17. The number of aromatic nitrogens is 2. The van der Waals surface area contributed by atoms with E-state index < -0.39 is 0 Å². The molecule has 6 heteroatoms. The zero-order valence-corrected chi connectivity index (χ0v) is 17.9. The SMILES string of the molecule is CCNC(=O)c1nccc2c(C)c3c(cc12)c1cc(OC)ccc1n3C.CNC. The highest BCUT2D eigenvalue weighted by Gasteiger charge is 2.18. The fourth-order valence-corrected chi connectivity index (χ4v) is 3.82. The number of fused-ring (bicyclic) bond motifs is 4. The summed E-state index contributed by atoms with van der Waals surface area (Å²) in [7, 11) is 7.49. The Bertz CT molecular complexity index is 1190. The van der Waals surface area contributed by atoms with Gasteiger partial charge in [-0.2, -0.15) is 0 Å². The standard InChI is InChI=1S/C21H21N3O2.C2H7N/c1-5-22-21(25)19-16-11-17-15-10-13(26-4)6-7-18(15)24(3)20(17)12(2)14(16)8-9-23-19;1-3-2/h6-11H,5H2,1-4H3,(H,22,25);3H,1-2H3. The second kappa shape index (κ2) is 8.49. The molecule has 4 aromatic rings. The molecule has 2 N–H and O–H groups in total. The second-order valence-corrected chi connectivity index (χ2v) is 6.95. The van der Waals surface area contributed by atoms with E-state index in [0.29, 0.717) is 12.2 Å². The van der Waals surface area contributed by atoms with Crippen molar-refractivity contribution in [2.24, 2.45) is 7.05 Å². The summed E-state index contributed by atoms with van der Waals surface area (Å²) in [5.74, 6) is 0.674. The Kier molecular flexibility index (Phi) is 6.03. The molecular weight excluding hydrogens is 364 g/mol. The van der Waals surface area contributed by atoms with Crippen LogP contribution < -0.4 is 15.4 Å². The first kappa shape index (κ1) is 20.6. The quantitative estimate of drug-likeness (QED) is 0.557. The van der Waals surface area contributed by atoms with Crippen LogP contribution in [-0.2, 0) is 7.05 Å². The number of hydrogen-bond acceptors (Lipinski definition) is 4. The molecule has 2 aromatic carbocycles. The molecule has 0 radical (unpaired) electrons. The molecule has 1 amide bonds. The van der Waals surface area contributed by atoms with Crippen LogP contribution in [0.5, 0.6) is 5.75 Å². The number of amides is 1. The Balaban J connectivity index is 0.000000755. The summed E-state index contributed by atoms with van der Waals surface area (Å²) in [6.45, 7) is 4.58. The van der Waals surface area contributed by atoms with Crippen LogP contribution in [0.15, 0.2) is 36.5 Å². The fraction of sp³-hybridized carbons (Fsp3) is 0.304. The van der Waals surface area contributed by atoms with E-state index in [2.05, 4.69) is 46.3 Å². The highest BCUT2D eigenvalue weighted by atomic mass is 16.5. The topological polar surface area (TPSA) is 68.2 Å². The number of carbonyl (C=O) groups excluding carboxylic acids is 1. The van der Waals surface area contributed by atoms with Gasteiger partial charge in [0.15, 0.2) is 0 Å². The van der Waals surface area contributed by atoms with Crippen LogP contribution in [0, 0.1) is 6.92 Å². The molecule has 0 fully saturated rings. The number of methoxy groups -OCH3 is 1. The molecule has 2 heterocycles. The number of aryl methyl sites for hydroxylation is 2. The van der Waals surface area contributed by atoms with E-state index >= 15 is 0 Å². The lowest BCUT2D eigenvalue weighted by Crippen LogP contribution is -2.24. The maximum atomic E-state index is 12.5. The van der Waals surface area contributed by atoms with Gasteiger partial charge in [0.25, 0.3) is 5.91 Å². The number of nitrogens with zero attached hydrogens (tertiary/aromatic N) is 2. The fourth-order valence-electron chi connectivity index (χ4n) is 3.82. The van der Waals surface area contributed by atoms with Crippen molar-refractivity contribution in [3.63, 3.8) is 0 Å². The molecule has 2 aromatic heterocycles. The first-order chi connectivity index (χ1) is 14.0. The monoisotopic (exact) mass is 392 g/mol. The van der Waals surface area contributed by atoms with Gasteiger partial charge in [-0.3, -0.25) is 9.78 Å². The number of ether oxygens (including phenoxy) is 1. The third kappa shape index (κ3) is 3.51. The first-order valence-electron chi connectivity index (χ1n) is 9.69. The van der Waals surface area contributed by atoms with Crippen LogP contribution in [0.1, 0.15) is 23.0 Å². The Morgan fingerprint density at radius 1 is 1.10 bits per heavy atom. The minimum atomic E-state index is -0.144. The number of pyridine rings is 1. The van der Waals surface area contributed by atoms with Gasteiger partial charge < -0.3 is 19.9 Å². The summed E-state index contributed by atoms with van der Waals surface area (Å²) in [5, 5.41) is 9.74. The van der Waals surface area contributed by atoms with Crippen LogP contribution in [0.3, 0.4) is 0 Å². The molecule has 0 bridgehead atoms. The van der Waals surface area contributed by atoms with Gasteiger partial charge in [-0.15, -0.1) is 0 Å². The number of rotatable bonds is 3. The zero-order valence-electron chi connectivity index (χ0n) is 17.9. The first-order valence-corrected chi connectivity index (χ1v) is 9.69. The maximum absolute atomic E-state index is 12.5. The van der Waals surface area contributed by atoms with E-state index in [1.165, 1.54) is 0 Å². The molecular formula is C23H28N4O2. The van der Waals surface area contributed by atoms with Crippen molar-refractivity contribution in [1.82, 2.24) is 20.2 Å². The Morgan fingerprint density at radius 3 is 2.48 bits per heavy atom. The molecule has 0 saturated carbocycles. The molecule has 0 aliphatic heterocycles. The highest BCUT2D eigenvalue weighted by Crippen LogP contribution is 2.36. The number of hydrogen-bond donors (Lipinski definition) is 2. The van der Waals surface area contributed by atoms with Gasteiger partial charge >= 0.3 is 0 Å². The number of nitrogens with one attached hydrogen (secondary N) is 2. The smallest absolute Gasteiger partial charge is 0.270 e. The van der Waals surface area contributed by atoms with Crippen molar-refractivity contribution < 1.29 is 9.53 Å². The third-order valence-corrected chi connectivity index (χ3v) is 5.04. The molecule has 0 spiro atoms. The lowest BCUT2D eigenvalue weighted by atomic mass is 10.00. The van der Waals surface area contributed by atoms with Gasteiger partial charge in [0.05, 0.1) is 12.6 Å². The average molecular weight is 393 g/mol. The lowest BCUT2D eigenvalue weighted by molar-refractivity contribution is 0.0952. The van der Waals surface area contributed by atoms with Gasteiger partial charge in [0.2, 0.25) is 0 Å². The number of benzene rings is 2. The molecule has 152 valence electrons. The Morgan fingerprint density at radius 2 is 1.83 bits per heavy atom. The average Bonchev–Trinajstić information content (AvgIpc) is 3.00. The van der Waals surface area contributed by atoms with Crippen LogP contribution in [0.25, 0.3) is 32.6 Å². The summed E-state index contributed by atoms with van der Waals surface area (Å²) < 4.78 is 7.61. The van der Waals surface area contributed by atoms with Crippen molar-refractivity contribution in [2.45, 2.75) is 13.8 Å². The predicted molar refractivity (Wildman–Crippen MR) is 120 cm³/mol. The molecule has 6 nitrogen and oxygen atoms in total. The molecule has 0 unspecified atom stereocenters. The molecule has 0 saturated heterocycles. The van der Waals surface area contributed by atoms with E-state index in [-0.39, 0.29) is 5.91 Å². The van der Waals surface area contributed by atoms with Crippen LogP contribution in [-0.4, -0.2) is 43.2 Å². The Hall–Kier alpha value is -3.12. The number of carbonyl (C=O) groups is 1.